The van der Waals surface area contributed by atoms with Crippen LogP contribution in [0.5, 0.6) is 0 Å². The first kappa shape index (κ1) is 25.7. The normalized spacial score (nSPS) is 15.6. The van der Waals surface area contributed by atoms with Crippen LogP contribution in [0.15, 0.2) is 18.6 Å². The van der Waals surface area contributed by atoms with Crippen LogP contribution in [0.2, 0.25) is 0 Å². The van der Waals surface area contributed by atoms with Gasteiger partial charge in [-0.3, -0.25) is 14.5 Å². The zero-order valence-corrected chi connectivity index (χ0v) is 20.9. The van der Waals surface area contributed by atoms with Crippen LogP contribution in [-0.4, -0.2) is 81.4 Å². The molecule has 3 rings (SSSR count). The van der Waals surface area contributed by atoms with Crippen molar-refractivity contribution in [3.63, 3.8) is 0 Å². The number of carbonyl (C=O) groups excluding carboxylic acids is 3. The van der Waals surface area contributed by atoms with Crippen molar-refractivity contribution in [1.82, 2.24) is 30.1 Å². The highest BCUT2D eigenvalue weighted by atomic mass is 32.1. The van der Waals surface area contributed by atoms with Crippen molar-refractivity contribution in [2.24, 2.45) is 0 Å². The molecular weight excluding hydrogens is 456 g/mol. The van der Waals surface area contributed by atoms with Gasteiger partial charge in [0, 0.05) is 38.1 Å². The van der Waals surface area contributed by atoms with E-state index in [4.69, 9.17) is 4.74 Å². The van der Waals surface area contributed by atoms with Gasteiger partial charge in [0.15, 0.2) is 6.29 Å². The maximum absolute atomic E-state index is 12.6. The van der Waals surface area contributed by atoms with Crippen molar-refractivity contribution >= 4 is 29.6 Å². The van der Waals surface area contributed by atoms with E-state index in [-0.39, 0.29) is 18.0 Å². The van der Waals surface area contributed by atoms with Crippen LogP contribution in [0.3, 0.4) is 0 Å². The van der Waals surface area contributed by atoms with Gasteiger partial charge in [0.1, 0.15) is 22.6 Å². The van der Waals surface area contributed by atoms with Gasteiger partial charge in [-0.05, 0) is 53.1 Å². The first-order chi connectivity index (χ1) is 16.1. The monoisotopic (exact) mass is 488 g/mol. The summed E-state index contributed by atoms with van der Waals surface area (Å²) in [6.07, 6.45) is 4.99. The fourth-order valence-corrected chi connectivity index (χ4v) is 4.25. The number of aldehydes is 1. The third-order valence-corrected chi connectivity index (χ3v) is 6.37. The Labute approximate surface area is 203 Å². The molecule has 2 aromatic rings. The maximum atomic E-state index is 12.6. The molecule has 0 aromatic carbocycles. The molecule has 0 radical (unpaired) electrons. The van der Waals surface area contributed by atoms with Gasteiger partial charge >= 0.3 is 6.09 Å². The first-order valence-electron chi connectivity index (χ1n) is 11.4. The number of hydrogen-bond acceptors (Lipinski definition) is 9. The number of thiazole rings is 1. The molecule has 0 spiro atoms. The molecule has 0 aliphatic carbocycles. The molecule has 3 heterocycles. The number of nitrogens with one attached hydrogen (secondary N) is 1. The molecule has 11 heteroatoms. The van der Waals surface area contributed by atoms with E-state index < -0.39 is 5.60 Å². The molecule has 184 valence electrons. The summed E-state index contributed by atoms with van der Waals surface area (Å²) in [6, 6.07) is 1.38. The minimum absolute atomic E-state index is 0.257. The summed E-state index contributed by atoms with van der Waals surface area (Å²) in [5.41, 5.74) is 0.619. The second kappa shape index (κ2) is 11.5. The molecule has 1 N–H and O–H groups in total. The Kier molecular flexibility index (Phi) is 8.67. The average molecular weight is 489 g/mol. The molecule has 2 amide bonds. The summed E-state index contributed by atoms with van der Waals surface area (Å²) >= 11 is 1.25. The summed E-state index contributed by atoms with van der Waals surface area (Å²) in [5, 5.41) is 3.53. The van der Waals surface area contributed by atoms with E-state index in [0.29, 0.717) is 28.7 Å². The summed E-state index contributed by atoms with van der Waals surface area (Å²) in [5.74, 6) is -0.308. The SMILES string of the molecule is CC(NC(=O)c1cc(CCCN2CCN(C(=O)OC(C)(C)C)CC2)ncn1)c1ncc(C=O)s1. The van der Waals surface area contributed by atoms with Gasteiger partial charge in [-0.15, -0.1) is 11.3 Å². The molecule has 1 aliphatic rings. The van der Waals surface area contributed by atoms with E-state index in [1.165, 1.54) is 23.9 Å². The Hall–Kier alpha value is -2.92. The fourth-order valence-electron chi connectivity index (χ4n) is 3.51. The predicted molar refractivity (Wildman–Crippen MR) is 128 cm³/mol. The van der Waals surface area contributed by atoms with Crippen molar-refractivity contribution in [2.75, 3.05) is 32.7 Å². The first-order valence-corrected chi connectivity index (χ1v) is 12.2. The van der Waals surface area contributed by atoms with Crippen LogP contribution in [0.4, 0.5) is 4.79 Å². The smallest absolute Gasteiger partial charge is 0.410 e. The number of nitrogens with zero attached hydrogens (tertiary/aromatic N) is 5. The van der Waals surface area contributed by atoms with Gasteiger partial charge < -0.3 is 15.0 Å². The molecule has 10 nitrogen and oxygen atoms in total. The third-order valence-electron chi connectivity index (χ3n) is 5.26. The van der Waals surface area contributed by atoms with Crippen molar-refractivity contribution < 1.29 is 19.1 Å². The lowest BCUT2D eigenvalue weighted by atomic mass is 10.2. The lowest BCUT2D eigenvalue weighted by molar-refractivity contribution is 0.0144. The Bertz CT molecular complexity index is 997. The van der Waals surface area contributed by atoms with Gasteiger partial charge in [0.25, 0.3) is 5.91 Å². The van der Waals surface area contributed by atoms with Gasteiger partial charge in [-0.25, -0.2) is 19.7 Å². The average Bonchev–Trinajstić information content (AvgIpc) is 3.28. The lowest BCUT2D eigenvalue weighted by Gasteiger charge is -2.35. The van der Waals surface area contributed by atoms with Crippen molar-refractivity contribution in [2.45, 2.75) is 52.2 Å². The molecule has 1 unspecified atom stereocenters. The van der Waals surface area contributed by atoms with Gasteiger partial charge in [-0.1, -0.05) is 0 Å². The predicted octanol–water partition coefficient (Wildman–Crippen LogP) is 2.72. The molecule has 1 saturated heterocycles. The Morgan fingerprint density at radius 1 is 1.21 bits per heavy atom. The Morgan fingerprint density at radius 3 is 2.59 bits per heavy atom. The third kappa shape index (κ3) is 7.56. The number of piperazine rings is 1. The lowest BCUT2D eigenvalue weighted by Crippen LogP contribution is -2.50. The van der Waals surface area contributed by atoms with E-state index >= 15 is 0 Å². The highest BCUT2D eigenvalue weighted by Gasteiger charge is 2.25. The van der Waals surface area contributed by atoms with Crippen LogP contribution in [0.1, 0.15) is 71.0 Å². The topological polar surface area (TPSA) is 118 Å². The van der Waals surface area contributed by atoms with E-state index in [1.807, 2.05) is 27.7 Å². The van der Waals surface area contributed by atoms with Crippen molar-refractivity contribution in [1.29, 1.82) is 0 Å². The maximum Gasteiger partial charge on any atom is 0.410 e. The van der Waals surface area contributed by atoms with Gasteiger partial charge in [0.05, 0.1) is 10.9 Å². The number of aryl methyl sites for hydroxylation is 1. The van der Waals surface area contributed by atoms with Gasteiger partial charge in [0.2, 0.25) is 0 Å². The summed E-state index contributed by atoms with van der Waals surface area (Å²) in [4.78, 5) is 52.8. The van der Waals surface area contributed by atoms with Crippen LogP contribution in [-0.2, 0) is 11.2 Å². The van der Waals surface area contributed by atoms with Crippen LogP contribution in [0.25, 0.3) is 0 Å². The van der Waals surface area contributed by atoms with E-state index in [1.54, 1.807) is 11.0 Å². The quantitative estimate of drug-likeness (QED) is 0.564. The van der Waals surface area contributed by atoms with Crippen molar-refractivity contribution in [3.8, 4) is 0 Å². The Morgan fingerprint density at radius 2 is 1.94 bits per heavy atom. The Balaban J connectivity index is 1.43. The zero-order chi connectivity index (χ0) is 24.7. The molecule has 0 saturated carbocycles. The molecule has 1 fully saturated rings. The van der Waals surface area contributed by atoms with E-state index in [0.717, 1.165) is 44.5 Å². The van der Waals surface area contributed by atoms with Crippen LogP contribution >= 0.6 is 11.3 Å². The van der Waals surface area contributed by atoms with Crippen LogP contribution < -0.4 is 5.32 Å². The molecule has 34 heavy (non-hydrogen) atoms. The molecule has 1 aliphatic heterocycles. The number of aromatic nitrogens is 3. The highest BCUT2D eigenvalue weighted by Crippen LogP contribution is 2.19. The second-order valence-electron chi connectivity index (χ2n) is 9.22. The minimum atomic E-state index is -0.486. The largest absolute Gasteiger partial charge is 0.444 e. The minimum Gasteiger partial charge on any atom is -0.444 e. The zero-order valence-electron chi connectivity index (χ0n) is 20.1. The number of ether oxygens (including phenoxy) is 1. The molecule has 0 bridgehead atoms. The van der Waals surface area contributed by atoms with Crippen LogP contribution in [0, 0.1) is 0 Å². The van der Waals surface area contributed by atoms with Crippen molar-refractivity contribution in [3.05, 3.63) is 39.9 Å². The molecule has 1 atom stereocenters. The summed E-state index contributed by atoms with van der Waals surface area (Å²) < 4.78 is 5.44. The molecular formula is C23H32N6O4S. The highest BCUT2D eigenvalue weighted by molar-refractivity contribution is 7.13. The van der Waals surface area contributed by atoms with E-state index in [2.05, 4.69) is 25.2 Å². The van der Waals surface area contributed by atoms with E-state index in [9.17, 15) is 14.4 Å². The second-order valence-corrected chi connectivity index (χ2v) is 10.3. The number of hydrogen-bond donors (Lipinski definition) is 1. The summed E-state index contributed by atoms with van der Waals surface area (Å²) in [6.45, 7) is 11.2. The van der Waals surface area contributed by atoms with Gasteiger partial charge in [-0.2, -0.15) is 0 Å². The number of carbonyl (C=O) groups is 3. The number of rotatable bonds is 8. The summed E-state index contributed by atoms with van der Waals surface area (Å²) in [7, 11) is 0. The standard InChI is InChI=1S/C23H32N6O4S/c1-16(21-24-13-18(14-30)34-21)27-20(31)19-12-17(25-15-26-19)6-5-7-28-8-10-29(11-9-28)22(32)33-23(2,3)4/h12-16H,5-11H2,1-4H3,(H,27,31). The molecule has 2 aromatic heterocycles. The fraction of sp³-hybridized carbons (Fsp3) is 0.565. The number of amides is 2.